The lowest BCUT2D eigenvalue weighted by Gasteiger charge is -1.95. The summed E-state index contributed by atoms with van der Waals surface area (Å²) in [4.78, 5) is 11.6. The number of carbonyl (C=O) groups is 1. The number of nitrogens with zero attached hydrogens (tertiary/aromatic N) is 2. The number of hydrogen-bond acceptors (Lipinski definition) is 3. The number of hydrogen-bond donors (Lipinski definition) is 1. The number of rotatable bonds is 3. The SMILES string of the molecule is Cn1nc(CC(=O)O)cc1-c1cccs1. The Morgan fingerprint density at radius 2 is 2.47 bits per heavy atom. The minimum atomic E-state index is -0.856. The Hall–Kier alpha value is -1.62. The first-order chi connectivity index (χ1) is 7.16. The van der Waals surface area contributed by atoms with E-state index in [0.29, 0.717) is 5.69 Å². The molecule has 0 amide bonds. The fourth-order valence-corrected chi connectivity index (χ4v) is 2.20. The van der Waals surface area contributed by atoms with E-state index >= 15 is 0 Å². The summed E-state index contributed by atoms with van der Waals surface area (Å²) in [7, 11) is 1.82. The Balaban J connectivity index is 2.34. The predicted molar refractivity (Wildman–Crippen MR) is 57.9 cm³/mol. The zero-order chi connectivity index (χ0) is 10.8. The molecule has 0 aromatic carbocycles. The molecular weight excluding hydrogens is 212 g/mol. The lowest BCUT2D eigenvalue weighted by molar-refractivity contribution is -0.136. The standard InChI is InChI=1S/C10H10N2O2S/c1-12-8(9-3-2-4-15-9)5-7(11-12)6-10(13)14/h2-5H,6H2,1H3,(H,13,14). The fraction of sp³-hybridized carbons (Fsp3) is 0.200. The van der Waals surface area contributed by atoms with Gasteiger partial charge in [-0.3, -0.25) is 9.48 Å². The summed E-state index contributed by atoms with van der Waals surface area (Å²) in [5.74, 6) is -0.856. The van der Waals surface area contributed by atoms with E-state index in [0.717, 1.165) is 10.6 Å². The van der Waals surface area contributed by atoms with E-state index in [9.17, 15) is 4.79 Å². The molecule has 0 aliphatic heterocycles. The maximum Gasteiger partial charge on any atom is 0.309 e. The highest BCUT2D eigenvalue weighted by Gasteiger charge is 2.10. The van der Waals surface area contributed by atoms with Crippen LogP contribution in [0.5, 0.6) is 0 Å². The van der Waals surface area contributed by atoms with Crippen LogP contribution in [0.3, 0.4) is 0 Å². The molecule has 2 heterocycles. The smallest absolute Gasteiger partial charge is 0.309 e. The molecule has 1 N–H and O–H groups in total. The summed E-state index contributed by atoms with van der Waals surface area (Å²) in [6, 6.07) is 5.77. The third-order valence-electron chi connectivity index (χ3n) is 2.04. The number of carboxylic acids is 1. The molecule has 4 nitrogen and oxygen atoms in total. The van der Waals surface area contributed by atoms with E-state index in [2.05, 4.69) is 5.10 Å². The van der Waals surface area contributed by atoms with E-state index < -0.39 is 5.97 Å². The molecule has 0 atom stereocenters. The van der Waals surface area contributed by atoms with Crippen molar-refractivity contribution in [2.75, 3.05) is 0 Å². The van der Waals surface area contributed by atoms with Gasteiger partial charge >= 0.3 is 5.97 Å². The fourth-order valence-electron chi connectivity index (χ4n) is 1.42. The van der Waals surface area contributed by atoms with Crippen LogP contribution in [0.2, 0.25) is 0 Å². The van der Waals surface area contributed by atoms with Crippen LogP contribution in [0.25, 0.3) is 10.6 Å². The maximum atomic E-state index is 10.5. The second-order valence-electron chi connectivity index (χ2n) is 3.19. The average molecular weight is 222 g/mol. The van der Waals surface area contributed by atoms with Crippen LogP contribution < -0.4 is 0 Å². The zero-order valence-electron chi connectivity index (χ0n) is 8.17. The molecule has 0 fully saturated rings. The van der Waals surface area contributed by atoms with Crippen molar-refractivity contribution in [2.45, 2.75) is 6.42 Å². The number of carboxylic acid groups (broad SMARTS) is 1. The van der Waals surface area contributed by atoms with Crippen molar-refractivity contribution in [1.29, 1.82) is 0 Å². The highest BCUT2D eigenvalue weighted by atomic mass is 32.1. The van der Waals surface area contributed by atoms with Gasteiger partial charge in [-0.15, -0.1) is 11.3 Å². The van der Waals surface area contributed by atoms with Crippen molar-refractivity contribution < 1.29 is 9.90 Å². The van der Waals surface area contributed by atoms with Gasteiger partial charge in [-0.25, -0.2) is 0 Å². The highest BCUT2D eigenvalue weighted by Crippen LogP contribution is 2.24. The van der Waals surface area contributed by atoms with Gasteiger partial charge in [-0.1, -0.05) is 6.07 Å². The number of aryl methyl sites for hydroxylation is 1. The molecule has 2 aromatic heterocycles. The van der Waals surface area contributed by atoms with Gasteiger partial charge in [0, 0.05) is 7.05 Å². The van der Waals surface area contributed by atoms with Gasteiger partial charge in [-0.05, 0) is 17.5 Å². The molecule has 15 heavy (non-hydrogen) atoms. The third kappa shape index (κ3) is 2.07. The van der Waals surface area contributed by atoms with Crippen LogP contribution in [0.4, 0.5) is 0 Å². The van der Waals surface area contributed by atoms with E-state index in [4.69, 9.17) is 5.11 Å². The molecule has 0 radical (unpaired) electrons. The largest absolute Gasteiger partial charge is 0.481 e. The highest BCUT2D eigenvalue weighted by molar-refractivity contribution is 7.13. The first kappa shape index (κ1) is 9.92. The second-order valence-corrected chi connectivity index (χ2v) is 4.14. The third-order valence-corrected chi connectivity index (χ3v) is 2.93. The molecule has 0 aliphatic rings. The van der Waals surface area contributed by atoms with Gasteiger partial charge in [0.05, 0.1) is 22.7 Å². The zero-order valence-corrected chi connectivity index (χ0v) is 8.99. The van der Waals surface area contributed by atoms with Gasteiger partial charge in [0.15, 0.2) is 0 Å². The molecule has 0 spiro atoms. The summed E-state index contributed by atoms with van der Waals surface area (Å²) in [6.45, 7) is 0. The van der Waals surface area contributed by atoms with Crippen LogP contribution >= 0.6 is 11.3 Å². The first-order valence-electron chi connectivity index (χ1n) is 4.45. The molecule has 78 valence electrons. The topological polar surface area (TPSA) is 55.1 Å². The number of aliphatic carboxylic acids is 1. The minimum absolute atomic E-state index is 0.0286. The van der Waals surface area contributed by atoms with Gasteiger partial charge in [-0.2, -0.15) is 5.10 Å². The lowest BCUT2D eigenvalue weighted by Crippen LogP contribution is -2.01. The summed E-state index contributed by atoms with van der Waals surface area (Å²) >= 11 is 1.61. The normalized spacial score (nSPS) is 10.5. The molecule has 0 aliphatic carbocycles. The Bertz CT molecular complexity index is 474. The molecular formula is C10H10N2O2S. The molecule has 5 heteroatoms. The van der Waals surface area contributed by atoms with Crippen LogP contribution in [-0.2, 0) is 18.3 Å². The monoisotopic (exact) mass is 222 g/mol. The van der Waals surface area contributed by atoms with Gasteiger partial charge in [0.1, 0.15) is 0 Å². The van der Waals surface area contributed by atoms with Crippen molar-refractivity contribution in [3.05, 3.63) is 29.3 Å². The Morgan fingerprint density at radius 1 is 1.67 bits per heavy atom. The van der Waals surface area contributed by atoms with Gasteiger partial charge < -0.3 is 5.11 Å². The lowest BCUT2D eigenvalue weighted by atomic mass is 10.2. The molecule has 2 rings (SSSR count). The average Bonchev–Trinajstić information content (AvgIpc) is 2.72. The Labute approximate surface area is 90.8 Å². The van der Waals surface area contributed by atoms with Gasteiger partial charge in [0.25, 0.3) is 0 Å². The molecule has 0 unspecified atom stereocenters. The Morgan fingerprint density at radius 3 is 3.07 bits per heavy atom. The van der Waals surface area contributed by atoms with Crippen LogP contribution in [0, 0.1) is 0 Å². The first-order valence-corrected chi connectivity index (χ1v) is 5.33. The van der Waals surface area contributed by atoms with Gasteiger partial charge in [0.2, 0.25) is 0 Å². The number of thiophene rings is 1. The van der Waals surface area contributed by atoms with E-state index in [1.54, 1.807) is 16.0 Å². The van der Waals surface area contributed by atoms with Crippen molar-refractivity contribution in [1.82, 2.24) is 9.78 Å². The van der Waals surface area contributed by atoms with E-state index in [-0.39, 0.29) is 6.42 Å². The minimum Gasteiger partial charge on any atom is -0.481 e. The van der Waals surface area contributed by atoms with Crippen molar-refractivity contribution in [2.24, 2.45) is 7.05 Å². The molecule has 2 aromatic rings. The van der Waals surface area contributed by atoms with E-state index in [1.807, 2.05) is 30.6 Å². The van der Waals surface area contributed by atoms with Crippen LogP contribution in [0.15, 0.2) is 23.6 Å². The second kappa shape index (κ2) is 3.86. The quantitative estimate of drug-likeness (QED) is 0.861. The molecule has 0 saturated heterocycles. The predicted octanol–water partition coefficient (Wildman–Crippen LogP) is 1.78. The summed E-state index contributed by atoms with van der Waals surface area (Å²) in [5.41, 5.74) is 1.55. The molecule has 0 saturated carbocycles. The molecule has 0 bridgehead atoms. The summed E-state index contributed by atoms with van der Waals surface area (Å²) in [5, 5.41) is 14.8. The summed E-state index contributed by atoms with van der Waals surface area (Å²) < 4.78 is 1.71. The van der Waals surface area contributed by atoms with E-state index in [1.165, 1.54) is 0 Å². The maximum absolute atomic E-state index is 10.5. The van der Waals surface area contributed by atoms with Crippen molar-refractivity contribution in [3.63, 3.8) is 0 Å². The summed E-state index contributed by atoms with van der Waals surface area (Å²) in [6.07, 6.45) is -0.0286. The van der Waals surface area contributed by atoms with Crippen LogP contribution in [-0.4, -0.2) is 20.9 Å². The Kier molecular flexibility index (Phi) is 2.55. The number of aromatic nitrogens is 2. The van der Waals surface area contributed by atoms with Crippen molar-refractivity contribution in [3.8, 4) is 10.6 Å². The van der Waals surface area contributed by atoms with Crippen LogP contribution in [0.1, 0.15) is 5.69 Å². The van der Waals surface area contributed by atoms with Crippen molar-refractivity contribution >= 4 is 17.3 Å².